The van der Waals surface area contributed by atoms with E-state index in [2.05, 4.69) is 0 Å². The molecule has 0 aliphatic carbocycles. The summed E-state index contributed by atoms with van der Waals surface area (Å²) in [5.74, 6) is -0.501. The second kappa shape index (κ2) is 4.07. The molecule has 0 unspecified atom stereocenters. The Labute approximate surface area is 73.8 Å². The van der Waals surface area contributed by atoms with Crippen LogP contribution in [-0.4, -0.2) is 14.3 Å². The third kappa shape index (κ3) is 3.94. The summed E-state index contributed by atoms with van der Waals surface area (Å²) in [5.41, 5.74) is 0.0809. The summed E-state index contributed by atoms with van der Waals surface area (Å²) in [6.45, 7) is 7.34. The summed E-state index contributed by atoms with van der Waals surface area (Å²) >= 11 is 0. The first kappa shape index (κ1) is 10.9. The Balaban J connectivity index is 4.36. The lowest BCUT2D eigenvalue weighted by atomic mass is 10.3. The number of allylic oxidation sites excluding steroid dienone is 1. The smallest absolute Gasteiger partial charge is 0.335 e. The zero-order valence-corrected chi connectivity index (χ0v) is 8.84. The molecule has 12 heavy (non-hydrogen) atoms. The van der Waals surface area contributed by atoms with E-state index in [1.807, 2.05) is 19.6 Å². The van der Waals surface area contributed by atoms with Crippen LogP contribution in [0.2, 0.25) is 19.6 Å². The van der Waals surface area contributed by atoms with Crippen LogP contribution in [0.3, 0.4) is 0 Å². The van der Waals surface area contributed by atoms with E-state index in [1.54, 1.807) is 13.0 Å². The third-order valence-corrected chi connectivity index (χ3v) is 1.83. The second-order valence-electron chi connectivity index (χ2n) is 3.32. The monoisotopic (exact) mass is 183 g/mol. The topological polar surface area (TPSA) is 50.1 Å². The van der Waals surface area contributed by atoms with Gasteiger partial charge in [-0.1, -0.05) is 6.08 Å². The molecule has 0 aromatic heterocycles. The number of nitrogens with zero attached hydrogens (tertiary/aromatic N) is 1. The van der Waals surface area contributed by atoms with Gasteiger partial charge in [-0.25, -0.2) is 4.79 Å². The predicted octanol–water partition coefficient (Wildman–Crippen LogP) is 1.83. The van der Waals surface area contributed by atoms with Gasteiger partial charge in [-0.05, 0) is 26.6 Å². The van der Waals surface area contributed by atoms with E-state index in [0.29, 0.717) is 0 Å². The van der Waals surface area contributed by atoms with Gasteiger partial charge in [0.15, 0.2) is 0 Å². The van der Waals surface area contributed by atoms with Gasteiger partial charge in [0.25, 0.3) is 0 Å². The van der Waals surface area contributed by atoms with Gasteiger partial charge in [-0.3, -0.25) is 0 Å². The van der Waals surface area contributed by atoms with E-state index >= 15 is 0 Å². The molecule has 0 heterocycles. The van der Waals surface area contributed by atoms with Crippen molar-refractivity contribution >= 4 is 14.3 Å². The molecular formula is C8H13NO2Si. The highest BCUT2D eigenvalue weighted by atomic mass is 28.4. The van der Waals surface area contributed by atoms with Crippen LogP contribution in [0.15, 0.2) is 11.6 Å². The molecule has 0 bridgehead atoms. The summed E-state index contributed by atoms with van der Waals surface area (Å²) in [7, 11) is -1.86. The summed E-state index contributed by atoms with van der Waals surface area (Å²) in [6, 6.07) is 1.78. The highest BCUT2D eigenvalue weighted by Gasteiger charge is 2.21. The van der Waals surface area contributed by atoms with Crippen molar-refractivity contribution in [1.82, 2.24) is 0 Å². The Bertz CT molecular complexity index is 245. The summed E-state index contributed by atoms with van der Waals surface area (Å²) in [4.78, 5) is 11.1. The van der Waals surface area contributed by atoms with Crippen LogP contribution in [0, 0.1) is 11.3 Å². The molecule has 0 saturated heterocycles. The minimum absolute atomic E-state index is 0.0809. The fourth-order valence-corrected chi connectivity index (χ4v) is 1.23. The molecular weight excluding hydrogens is 170 g/mol. The van der Waals surface area contributed by atoms with Crippen LogP contribution in [-0.2, 0) is 9.22 Å². The van der Waals surface area contributed by atoms with Gasteiger partial charge in [-0.15, -0.1) is 0 Å². The SMILES string of the molecule is CC=C(C#N)C(=O)O[Si](C)(C)C. The average Bonchev–Trinajstić information content (AvgIpc) is 1.85. The molecule has 0 rings (SSSR count). The minimum Gasteiger partial charge on any atom is -0.516 e. The zero-order chi connectivity index (χ0) is 9.78. The first-order valence-electron chi connectivity index (χ1n) is 3.70. The molecule has 0 atom stereocenters. The molecule has 0 spiro atoms. The first-order chi connectivity index (χ1) is 5.40. The number of nitriles is 1. The molecule has 4 heteroatoms. The van der Waals surface area contributed by atoms with Crippen LogP contribution in [0.1, 0.15) is 6.92 Å². The molecule has 0 radical (unpaired) electrons. The number of carbonyl (C=O) groups excluding carboxylic acids is 1. The van der Waals surface area contributed by atoms with Crippen LogP contribution in [0.5, 0.6) is 0 Å². The highest BCUT2D eigenvalue weighted by Crippen LogP contribution is 2.06. The molecule has 0 N–H and O–H groups in total. The van der Waals surface area contributed by atoms with Crippen molar-refractivity contribution < 1.29 is 9.22 Å². The molecule has 0 aliphatic rings. The fourth-order valence-electron chi connectivity index (χ4n) is 0.561. The Morgan fingerprint density at radius 1 is 1.50 bits per heavy atom. The van der Waals surface area contributed by atoms with Crippen LogP contribution in [0.4, 0.5) is 0 Å². The van der Waals surface area contributed by atoms with Gasteiger partial charge in [0, 0.05) is 0 Å². The van der Waals surface area contributed by atoms with Crippen molar-refractivity contribution in [2.45, 2.75) is 26.6 Å². The van der Waals surface area contributed by atoms with Crippen molar-refractivity contribution in [3.05, 3.63) is 11.6 Å². The molecule has 0 saturated carbocycles. The lowest BCUT2D eigenvalue weighted by Crippen LogP contribution is -2.29. The normalized spacial score (nSPS) is 12.1. The van der Waals surface area contributed by atoms with Gasteiger partial charge in [0.2, 0.25) is 8.32 Å². The van der Waals surface area contributed by atoms with E-state index in [0.717, 1.165) is 0 Å². The molecule has 0 aliphatic heterocycles. The lowest BCUT2D eigenvalue weighted by molar-refractivity contribution is -0.130. The maximum absolute atomic E-state index is 11.1. The van der Waals surface area contributed by atoms with Gasteiger partial charge in [-0.2, -0.15) is 5.26 Å². The molecule has 3 nitrogen and oxygen atoms in total. The van der Waals surface area contributed by atoms with E-state index in [9.17, 15) is 4.79 Å². The quantitative estimate of drug-likeness (QED) is 0.373. The summed E-state index contributed by atoms with van der Waals surface area (Å²) < 4.78 is 5.09. The van der Waals surface area contributed by atoms with Gasteiger partial charge in [0.1, 0.15) is 11.6 Å². The largest absolute Gasteiger partial charge is 0.516 e. The van der Waals surface area contributed by atoms with Crippen molar-refractivity contribution in [2.24, 2.45) is 0 Å². The Hall–Kier alpha value is -1.08. The number of hydrogen-bond acceptors (Lipinski definition) is 3. The van der Waals surface area contributed by atoms with Crippen LogP contribution >= 0.6 is 0 Å². The van der Waals surface area contributed by atoms with Gasteiger partial charge < -0.3 is 4.43 Å². The van der Waals surface area contributed by atoms with Crippen molar-refractivity contribution in [3.63, 3.8) is 0 Å². The summed E-state index contributed by atoms with van der Waals surface area (Å²) in [6.07, 6.45) is 1.46. The maximum atomic E-state index is 11.1. The Morgan fingerprint density at radius 2 is 2.00 bits per heavy atom. The molecule has 0 amide bonds. The van der Waals surface area contributed by atoms with E-state index < -0.39 is 14.3 Å². The van der Waals surface area contributed by atoms with Gasteiger partial charge >= 0.3 is 5.97 Å². The van der Waals surface area contributed by atoms with E-state index in [1.165, 1.54) is 6.08 Å². The summed E-state index contributed by atoms with van der Waals surface area (Å²) in [5, 5.41) is 8.49. The van der Waals surface area contributed by atoms with Crippen LogP contribution < -0.4 is 0 Å². The fraction of sp³-hybridized carbons (Fsp3) is 0.500. The standard InChI is InChI=1S/C8H13NO2Si/c1-5-7(6-9)8(10)11-12(2,3)4/h5H,1-4H3. The minimum atomic E-state index is -1.86. The molecule has 0 fully saturated rings. The average molecular weight is 183 g/mol. The van der Waals surface area contributed by atoms with Crippen molar-refractivity contribution in [1.29, 1.82) is 5.26 Å². The Kier molecular flexibility index (Phi) is 3.70. The number of carbonyl (C=O) groups is 1. The third-order valence-electron chi connectivity index (χ3n) is 1.03. The lowest BCUT2D eigenvalue weighted by Gasteiger charge is -2.16. The Morgan fingerprint density at radius 3 is 2.25 bits per heavy atom. The van der Waals surface area contributed by atoms with Crippen LogP contribution in [0.25, 0.3) is 0 Å². The first-order valence-corrected chi connectivity index (χ1v) is 7.11. The molecule has 0 aromatic carbocycles. The van der Waals surface area contributed by atoms with Crippen molar-refractivity contribution in [3.8, 4) is 6.07 Å². The number of hydrogen-bond donors (Lipinski definition) is 0. The van der Waals surface area contributed by atoms with Gasteiger partial charge in [0.05, 0.1) is 0 Å². The zero-order valence-electron chi connectivity index (χ0n) is 7.84. The van der Waals surface area contributed by atoms with E-state index in [4.69, 9.17) is 9.69 Å². The van der Waals surface area contributed by atoms with Crippen molar-refractivity contribution in [2.75, 3.05) is 0 Å². The second-order valence-corrected chi connectivity index (χ2v) is 7.74. The predicted molar refractivity (Wildman–Crippen MR) is 48.8 cm³/mol. The maximum Gasteiger partial charge on any atom is 0.335 e. The highest BCUT2D eigenvalue weighted by molar-refractivity contribution is 6.71. The molecule has 66 valence electrons. The van der Waals surface area contributed by atoms with E-state index in [-0.39, 0.29) is 5.57 Å². The molecule has 0 aromatic rings. The number of rotatable bonds is 2.